The van der Waals surface area contributed by atoms with Crippen molar-refractivity contribution in [2.24, 2.45) is 11.8 Å². The van der Waals surface area contributed by atoms with Crippen molar-refractivity contribution < 1.29 is 0 Å². The Kier molecular flexibility index (Phi) is 4.29. The first kappa shape index (κ1) is 14.6. The maximum Gasteiger partial charge on any atom is 0.0963 e. The van der Waals surface area contributed by atoms with Gasteiger partial charge in [0, 0.05) is 22.5 Å². The molecule has 1 saturated carbocycles. The van der Waals surface area contributed by atoms with Crippen LogP contribution in [0.4, 0.5) is 5.69 Å². The number of thiazole rings is 1. The van der Waals surface area contributed by atoms with Gasteiger partial charge in [0.05, 0.1) is 10.7 Å². The summed E-state index contributed by atoms with van der Waals surface area (Å²) < 4.78 is 0. The van der Waals surface area contributed by atoms with Crippen LogP contribution in [0.3, 0.4) is 0 Å². The predicted octanol–water partition coefficient (Wildman–Crippen LogP) is 5.32. The Labute approximate surface area is 131 Å². The molecule has 0 unspecified atom stereocenters. The number of anilines is 1. The Morgan fingerprint density at radius 1 is 1.14 bits per heavy atom. The zero-order valence-corrected chi connectivity index (χ0v) is 13.7. The quantitative estimate of drug-likeness (QED) is 0.779. The Morgan fingerprint density at radius 2 is 1.86 bits per heavy atom. The third-order valence-electron chi connectivity index (χ3n) is 4.82. The molecule has 112 valence electrons. The number of benzene rings is 1. The lowest BCUT2D eigenvalue weighted by Crippen LogP contribution is -2.17. The minimum absolute atomic E-state index is 0.656. The summed E-state index contributed by atoms with van der Waals surface area (Å²) in [4.78, 5) is 4.87. The second-order valence-corrected chi connectivity index (χ2v) is 7.40. The molecule has 0 amide bonds. The molecule has 0 atom stereocenters. The Morgan fingerprint density at radius 3 is 2.52 bits per heavy atom. The third kappa shape index (κ3) is 3.13. The van der Waals surface area contributed by atoms with Crippen molar-refractivity contribution in [3.8, 4) is 11.3 Å². The van der Waals surface area contributed by atoms with Crippen molar-refractivity contribution in [2.75, 3.05) is 5.73 Å². The summed E-state index contributed by atoms with van der Waals surface area (Å²) >= 11 is 1.80. The summed E-state index contributed by atoms with van der Waals surface area (Å²) in [5.74, 6) is 2.39. The van der Waals surface area contributed by atoms with Gasteiger partial charge in [-0.15, -0.1) is 11.3 Å². The van der Waals surface area contributed by atoms with E-state index in [2.05, 4.69) is 25.3 Å². The van der Waals surface area contributed by atoms with Crippen molar-refractivity contribution in [2.45, 2.75) is 45.4 Å². The van der Waals surface area contributed by atoms with Gasteiger partial charge in [0.25, 0.3) is 0 Å². The highest BCUT2D eigenvalue weighted by Gasteiger charge is 2.26. The zero-order chi connectivity index (χ0) is 14.8. The second-order valence-electron chi connectivity index (χ2n) is 6.51. The molecule has 0 radical (unpaired) electrons. The number of rotatable bonds is 3. The van der Waals surface area contributed by atoms with Gasteiger partial charge in [0.1, 0.15) is 0 Å². The fourth-order valence-corrected chi connectivity index (χ4v) is 4.35. The molecule has 1 fully saturated rings. The van der Waals surface area contributed by atoms with Crippen molar-refractivity contribution in [1.29, 1.82) is 0 Å². The minimum Gasteiger partial charge on any atom is -0.398 e. The van der Waals surface area contributed by atoms with E-state index in [0.717, 1.165) is 28.8 Å². The number of nitrogens with zero attached hydrogens (tertiary/aromatic N) is 1. The highest BCUT2D eigenvalue weighted by Crippen LogP contribution is 2.40. The molecule has 2 nitrogen and oxygen atoms in total. The van der Waals surface area contributed by atoms with E-state index in [1.807, 2.05) is 18.2 Å². The van der Waals surface area contributed by atoms with Crippen LogP contribution in [0.5, 0.6) is 0 Å². The molecule has 21 heavy (non-hydrogen) atoms. The highest BCUT2D eigenvalue weighted by molar-refractivity contribution is 7.10. The zero-order valence-electron chi connectivity index (χ0n) is 12.9. The molecule has 1 aliphatic rings. The molecule has 3 heteroatoms. The Bertz CT molecular complexity index is 595. The van der Waals surface area contributed by atoms with Crippen LogP contribution in [-0.2, 0) is 0 Å². The molecule has 1 aromatic heterocycles. The van der Waals surface area contributed by atoms with Gasteiger partial charge >= 0.3 is 0 Å². The number of nitrogen functional groups attached to an aromatic ring is 1. The van der Waals surface area contributed by atoms with E-state index < -0.39 is 0 Å². The van der Waals surface area contributed by atoms with E-state index in [4.69, 9.17) is 10.7 Å². The highest BCUT2D eigenvalue weighted by atomic mass is 32.1. The molecule has 2 aromatic rings. The summed E-state index contributed by atoms with van der Waals surface area (Å²) in [7, 11) is 0. The molecule has 1 heterocycles. The lowest BCUT2D eigenvalue weighted by molar-refractivity contribution is 0.258. The van der Waals surface area contributed by atoms with Crippen LogP contribution in [0, 0.1) is 11.8 Å². The number of hydrogen-bond donors (Lipinski definition) is 1. The molecular weight excluding hydrogens is 276 g/mol. The molecule has 0 bridgehead atoms. The molecular formula is C18H24N2S. The molecule has 0 saturated heterocycles. The first-order valence-corrected chi connectivity index (χ1v) is 8.83. The summed E-state index contributed by atoms with van der Waals surface area (Å²) in [6, 6.07) is 8.00. The maximum absolute atomic E-state index is 6.06. The van der Waals surface area contributed by atoms with Crippen LogP contribution in [0.15, 0.2) is 29.6 Å². The van der Waals surface area contributed by atoms with Crippen LogP contribution in [0.2, 0.25) is 0 Å². The molecule has 1 aromatic carbocycles. The van der Waals surface area contributed by atoms with Crippen LogP contribution >= 0.6 is 11.3 Å². The second kappa shape index (κ2) is 6.18. The van der Waals surface area contributed by atoms with Gasteiger partial charge in [-0.3, -0.25) is 0 Å². The number of aromatic nitrogens is 1. The molecule has 0 spiro atoms. The van der Waals surface area contributed by atoms with Gasteiger partial charge < -0.3 is 5.73 Å². The van der Waals surface area contributed by atoms with Crippen molar-refractivity contribution in [3.63, 3.8) is 0 Å². The lowest BCUT2D eigenvalue weighted by atomic mass is 9.77. The summed E-state index contributed by atoms with van der Waals surface area (Å²) in [5, 5.41) is 3.46. The number of para-hydroxylation sites is 1. The predicted molar refractivity (Wildman–Crippen MR) is 91.5 cm³/mol. The van der Waals surface area contributed by atoms with E-state index in [-0.39, 0.29) is 0 Å². The van der Waals surface area contributed by atoms with E-state index in [0.29, 0.717) is 5.92 Å². The van der Waals surface area contributed by atoms with Crippen molar-refractivity contribution >= 4 is 17.0 Å². The van der Waals surface area contributed by atoms with Gasteiger partial charge in [0.2, 0.25) is 0 Å². The molecule has 2 N–H and O–H groups in total. The normalized spacial score (nSPS) is 22.6. The smallest absolute Gasteiger partial charge is 0.0963 e. The van der Waals surface area contributed by atoms with E-state index in [9.17, 15) is 0 Å². The Hall–Kier alpha value is -1.35. The van der Waals surface area contributed by atoms with Gasteiger partial charge in [-0.1, -0.05) is 32.0 Å². The summed E-state index contributed by atoms with van der Waals surface area (Å²) in [5.41, 5.74) is 8.98. The summed E-state index contributed by atoms with van der Waals surface area (Å²) in [6.07, 6.45) is 5.29. The van der Waals surface area contributed by atoms with Gasteiger partial charge in [-0.05, 0) is 43.6 Å². The first-order chi connectivity index (χ1) is 10.1. The van der Waals surface area contributed by atoms with E-state index in [1.54, 1.807) is 11.3 Å². The van der Waals surface area contributed by atoms with Crippen LogP contribution < -0.4 is 5.73 Å². The van der Waals surface area contributed by atoms with E-state index in [1.165, 1.54) is 30.7 Å². The van der Waals surface area contributed by atoms with Crippen molar-refractivity contribution in [1.82, 2.24) is 4.98 Å². The standard InChI is InChI=1S/C18H24N2S/c1-12(2)13-7-9-14(10-8-13)18-20-17(11-21-18)15-5-3-4-6-16(15)19/h3-6,11-14H,7-10,19H2,1-2H3. The first-order valence-electron chi connectivity index (χ1n) is 7.95. The maximum atomic E-state index is 6.06. The monoisotopic (exact) mass is 300 g/mol. The minimum atomic E-state index is 0.656. The average molecular weight is 300 g/mol. The topological polar surface area (TPSA) is 38.9 Å². The summed E-state index contributed by atoms with van der Waals surface area (Å²) in [6.45, 7) is 4.70. The molecule has 0 aliphatic heterocycles. The third-order valence-corrected chi connectivity index (χ3v) is 5.83. The SMILES string of the molecule is CC(C)C1CCC(c2nc(-c3ccccc3N)cs2)CC1. The van der Waals surface area contributed by atoms with Crippen LogP contribution in [0.25, 0.3) is 11.3 Å². The van der Waals surface area contributed by atoms with Crippen LogP contribution in [0.1, 0.15) is 50.5 Å². The fourth-order valence-electron chi connectivity index (χ4n) is 3.36. The van der Waals surface area contributed by atoms with Crippen molar-refractivity contribution in [3.05, 3.63) is 34.7 Å². The average Bonchev–Trinajstić information content (AvgIpc) is 2.97. The Balaban J connectivity index is 1.73. The largest absolute Gasteiger partial charge is 0.398 e. The number of nitrogens with two attached hydrogens (primary N) is 1. The number of hydrogen-bond acceptors (Lipinski definition) is 3. The molecule has 1 aliphatic carbocycles. The molecule has 3 rings (SSSR count). The van der Waals surface area contributed by atoms with E-state index >= 15 is 0 Å². The lowest BCUT2D eigenvalue weighted by Gasteiger charge is -2.29. The van der Waals surface area contributed by atoms with Gasteiger partial charge in [0.15, 0.2) is 0 Å². The fraction of sp³-hybridized carbons (Fsp3) is 0.500. The van der Waals surface area contributed by atoms with Crippen LogP contribution in [-0.4, -0.2) is 4.98 Å². The van der Waals surface area contributed by atoms with Gasteiger partial charge in [-0.2, -0.15) is 0 Å². The van der Waals surface area contributed by atoms with Gasteiger partial charge in [-0.25, -0.2) is 4.98 Å².